The van der Waals surface area contributed by atoms with Crippen molar-refractivity contribution in [3.8, 4) is 0 Å². The molecule has 2 aromatic heterocycles. The molecule has 7 nitrogen and oxygen atoms in total. The Morgan fingerprint density at radius 1 is 1.22 bits per heavy atom. The number of nitrogens with zero attached hydrogens (tertiary/aromatic N) is 4. The van der Waals surface area contributed by atoms with Crippen LogP contribution in [0.4, 0.5) is 5.82 Å². The van der Waals surface area contributed by atoms with Crippen molar-refractivity contribution >= 4 is 22.8 Å². The number of hydrogen-bond acceptors (Lipinski definition) is 6. The molecule has 3 heterocycles. The van der Waals surface area contributed by atoms with Gasteiger partial charge in [0.2, 0.25) is 5.91 Å². The van der Waals surface area contributed by atoms with Crippen LogP contribution in [0.15, 0.2) is 41.2 Å². The van der Waals surface area contributed by atoms with Gasteiger partial charge in [0, 0.05) is 19.0 Å². The topological polar surface area (TPSA) is 84.2 Å². The summed E-state index contributed by atoms with van der Waals surface area (Å²) in [7, 11) is 0. The number of nitrogens with one attached hydrogen (secondary N) is 1. The van der Waals surface area contributed by atoms with Gasteiger partial charge in [0.25, 0.3) is 5.71 Å². The first kappa shape index (κ1) is 17.5. The van der Waals surface area contributed by atoms with Gasteiger partial charge < -0.3 is 14.7 Å². The summed E-state index contributed by atoms with van der Waals surface area (Å²) >= 11 is 0. The third kappa shape index (κ3) is 3.49. The minimum Gasteiger partial charge on any atom is -0.356 e. The van der Waals surface area contributed by atoms with Crippen molar-refractivity contribution in [1.29, 1.82) is 0 Å². The Kier molecular flexibility index (Phi) is 4.75. The zero-order valence-electron chi connectivity index (χ0n) is 15.6. The lowest BCUT2D eigenvalue weighted by molar-refractivity contribution is -0.126. The Morgan fingerprint density at radius 3 is 2.70 bits per heavy atom. The zero-order valence-corrected chi connectivity index (χ0v) is 15.6. The van der Waals surface area contributed by atoms with Gasteiger partial charge >= 0.3 is 0 Å². The summed E-state index contributed by atoms with van der Waals surface area (Å²) < 4.78 is 5.23. The van der Waals surface area contributed by atoms with Crippen LogP contribution in [0.3, 0.4) is 0 Å². The first-order chi connectivity index (χ1) is 13.1. The average Bonchev–Trinajstić information content (AvgIpc) is 3.10. The molecule has 3 aromatic rings. The maximum absolute atomic E-state index is 12.7. The predicted octanol–water partition coefficient (Wildman–Crippen LogP) is 3.02. The molecule has 0 bridgehead atoms. The van der Waals surface area contributed by atoms with Crippen LogP contribution in [0.5, 0.6) is 0 Å². The molecule has 1 aliphatic heterocycles. The minimum absolute atomic E-state index is 0.0119. The molecular formula is C20H23N5O2. The summed E-state index contributed by atoms with van der Waals surface area (Å²) in [6, 6.07) is 10.1. The van der Waals surface area contributed by atoms with E-state index in [2.05, 4.69) is 25.3 Å². The lowest BCUT2D eigenvalue weighted by Crippen LogP contribution is -2.41. The highest BCUT2D eigenvalue weighted by molar-refractivity contribution is 5.88. The number of carbonyl (C=O) groups is 1. The lowest BCUT2D eigenvalue weighted by atomic mass is 9.95. The lowest BCUT2D eigenvalue weighted by Gasteiger charge is -2.32. The van der Waals surface area contributed by atoms with Crippen molar-refractivity contribution in [3.05, 3.63) is 47.9 Å². The Hall–Kier alpha value is -2.96. The number of aromatic nitrogens is 3. The normalized spacial score (nSPS) is 16.4. The maximum atomic E-state index is 12.7. The highest BCUT2D eigenvalue weighted by Crippen LogP contribution is 2.29. The quantitative estimate of drug-likeness (QED) is 0.765. The van der Waals surface area contributed by atoms with Crippen molar-refractivity contribution in [2.75, 3.05) is 18.0 Å². The summed E-state index contributed by atoms with van der Waals surface area (Å²) in [6.45, 7) is 5.46. The van der Waals surface area contributed by atoms with E-state index in [1.807, 2.05) is 44.2 Å². The molecule has 140 valence electrons. The molecule has 1 N–H and O–H groups in total. The van der Waals surface area contributed by atoms with Crippen LogP contribution in [-0.2, 0) is 4.79 Å². The van der Waals surface area contributed by atoms with E-state index in [4.69, 9.17) is 4.52 Å². The van der Waals surface area contributed by atoms with Crippen LogP contribution in [0.2, 0.25) is 0 Å². The van der Waals surface area contributed by atoms with E-state index in [-0.39, 0.29) is 17.9 Å². The van der Waals surface area contributed by atoms with Crippen LogP contribution < -0.4 is 10.2 Å². The Morgan fingerprint density at radius 2 is 1.96 bits per heavy atom. The first-order valence-electron chi connectivity index (χ1n) is 9.30. The summed E-state index contributed by atoms with van der Waals surface area (Å²) in [5.41, 5.74) is 2.42. The number of benzene rings is 1. The molecule has 0 spiro atoms. The van der Waals surface area contributed by atoms with Crippen LogP contribution in [-0.4, -0.2) is 34.1 Å². The van der Waals surface area contributed by atoms with Gasteiger partial charge in [-0.3, -0.25) is 4.79 Å². The molecule has 27 heavy (non-hydrogen) atoms. The van der Waals surface area contributed by atoms with E-state index in [1.165, 1.54) is 6.33 Å². The van der Waals surface area contributed by atoms with Gasteiger partial charge in [-0.1, -0.05) is 35.5 Å². The number of piperidine rings is 1. The van der Waals surface area contributed by atoms with Gasteiger partial charge in [-0.25, -0.2) is 4.98 Å². The second-order valence-electron chi connectivity index (χ2n) is 7.05. The molecule has 1 aliphatic rings. The average molecular weight is 365 g/mol. The fraction of sp³-hybridized carbons (Fsp3) is 0.400. The number of fused-ring (bicyclic) bond motifs is 1. The van der Waals surface area contributed by atoms with Crippen LogP contribution in [0.25, 0.3) is 11.1 Å². The summed E-state index contributed by atoms with van der Waals surface area (Å²) in [5, 5.41) is 7.99. The fourth-order valence-electron chi connectivity index (χ4n) is 3.65. The van der Waals surface area contributed by atoms with Crippen LogP contribution in [0.1, 0.15) is 37.1 Å². The van der Waals surface area contributed by atoms with E-state index in [0.717, 1.165) is 48.4 Å². The predicted molar refractivity (Wildman–Crippen MR) is 102 cm³/mol. The van der Waals surface area contributed by atoms with Crippen molar-refractivity contribution in [2.24, 2.45) is 5.92 Å². The summed E-state index contributed by atoms with van der Waals surface area (Å²) in [6.07, 6.45) is 3.09. The van der Waals surface area contributed by atoms with Gasteiger partial charge in [-0.2, -0.15) is 4.98 Å². The van der Waals surface area contributed by atoms with Gasteiger partial charge in [-0.05, 0) is 32.3 Å². The Bertz CT molecular complexity index is 932. The SMILES string of the molecule is Cc1noc2ncnc(N3CCC(C(=O)N[C@H](C)c4ccccc4)CC3)c12. The monoisotopic (exact) mass is 365 g/mol. The molecule has 1 aromatic carbocycles. The second kappa shape index (κ2) is 7.34. The number of aryl methyl sites for hydroxylation is 1. The van der Waals surface area contributed by atoms with E-state index in [0.29, 0.717) is 5.71 Å². The number of anilines is 1. The summed E-state index contributed by atoms with van der Waals surface area (Å²) in [4.78, 5) is 23.4. The molecule has 1 amide bonds. The maximum Gasteiger partial charge on any atom is 0.263 e. The number of hydrogen-bond donors (Lipinski definition) is 1. The number of carbonyl (C=O) groups excluding carboxylic acids is 1. The largest absolute Gasteiger partial charge is 0.356 e. The first-order valence-corrected chi connectivity index (χ1v) is 9.30. The molecular weight excluding hydrogens is 342 g/mol. The number of rotatable bonds is 4. The van der Waals surface area contributed by atoms with E-state index < -0.39 is 0 Å². The van der Waals surface area contributed by atoms with Gasteiger partial charge in [0.15, 0.2) is 0 Å². The van der Waals surface area contributed by atoms with Crippen LogP contribution in [0, 0.1) is 12.8 Å². The molecule has 1 atom stereocenters. The van der Waals surface area contributed by atoms with E-state index in [1.54, 1.807) is 0 Å². The van der Waals surface area contributed by atoms with E-state index in [9.17, 15) is 4.79 Å². The standard InChI is InChI=1S/C20H23N5O2/c1-13(15-6-4-3-5-7-15)23-19(26)16-8-10-25(11-9-16)18-17-14(2)24-27-20(17)22-12-21-18/h3-7,12-13,16H,8-11H2,1-2H3,(H,23,26)/t13-/m1/s1. The molecule has 0 aliphatic carbocycles. The smallest absolute Gasteiger partial charge is 0.263 e. The van der Waals surface area contributed by atoms with Crippen LogP contribution >= 0.6 is 0 Å². The zero-order chi connectivity index (χ0) is 18.8. The molecule has 0 radical (unpaired) electrons. The molecule has 1 saturated heterocycles. The van der Waals surface area contributed by atoms with E-state index >= 15 is 0 Å². The Balaban J connectivity index is 1.40. The van der Waals surface area contributed by atoms with Gasteiger partial charge in [0.1, 0.15) is 17.5 Å². The summed E-state index contributed by atoms with van der Waals surface area (Å²) in [5.74, 6) is 0.989. The number of amides is 1. The van der Waals surface area contributed by atoms with Gasteiger partial charge in [0.05, 0.1) is 11.7 Å². The van der Waals surface area contributed by atoms with Crippen molar-refractivity contribution < 1.29 is 9.32 Å². The van der Waals surface area contributed by atoms with Crippen molar-refractivity contribution in [2.45, 2.75) is 32.7 Å². The van der Waals surface area contributed by atoms with Crippen molar-refractivity contribution in [3.63, 3.8) is 0 Å². The fourth-order valence-corrected chi connectivity index (χ4v) is 3.65. The minimum atomic E-state index is 0.0119. The second-order valence-corrected chi connectivity index (χ2v) is 7.05. The Labute approximate surface area is 157 Å². The molecule has 4 rings (SSSR count). The third-order valence-corrected chi connectivity index (χ3v) is 5.25. The third-order valence-electron chi connectivity index (χ3n) is 5.25. The molecule has 0 unspecified atom stereocenters. The molecule has 1 fully saturated rings. The highest BCUT2D eigenvalue weighted by atomic mass is 16.5. The molecule has 0 saturated carbocycles. The highest BCUT2D eigenvalue weighted by Gasteiger charge is 2.28. The molecule has 7 heteroatoms. The van der Waals surface area contributed by atoms with Gasteiger partial charge in [-0.15, -0.1) is 0 Å². The van der Waals surface area contributed by atoms with Crippen molar-refractivity contribution in [1.82, 2.24) is 20.4 Å².